The number of anilines is 1. The van der Waals surface area contributed by atoms with E-state index in [1.54, 1.807) is 6.07 Å². The molecule has 0 unspecified atom stereocenters. The standard InChI is InChI=1S/C11H9ClN4O2S/c12-8-4-2-1-3-7(8)6-19-10-9(16(17)18)5-14-11(13)15-10/h1-5H,6H2,(H2,13,14,15). The number of thioether (sulfide) groups is 1. The summed E-state index contributed by atoms with van der Waals surface area (Å²) in [7, 11) is 0. The number of hydrogen-bond donors (Lipinski definition) is 1. The Bertz CT molecular complexity index is 623. The van der Waals surface area contributed by atoms with Crippen LogP contribution in [0, 0.1) is 10.1 Å². The summed E-state index contributed by atoms with van der Waals surface area (Å²) in [4.78, 5) is 17.8. The Morgan fingerprint density at radius 1 is 1.42 bits per heavy atom. The largest absolute Gasteiger partial charge is 0.368 e. The van der Waals surface area contributed by atoms with Crippen LogP contribution >= 0.6 is 23.4 Å². The van der Waals surface area contributed by atoms with Crippen LogP contribution in [0.2, 0.25) is 5.02 Å². The Morgan fingerprint density at radius 3 is 2.84 bits per heavy atom. The molecule has 2 aromatic rings. The Kier molecular flexibility index (Phi) is 4.18. The number of rotatable bonds is 4. The molecule has 0 radical (unpaired) electrons. The molecule has 6 nitrogen and oxygen atoms in total. The third-order valence-electron chi connectivity index (χ3n) is 2.27. The van der Waals surface area contributed by atoms with Crippen molar-refractivity contribution in [2.75, 3.05) is 5.73 Å². The fourth-order valence-corrected chi connectivity index (χ4v) is 2.62. The van der Waals surface area contributed by atoms with Crippen molar-refractivity contribution in [2.45, 2.75) is 10.8 Å². The van der Waals surface area contributed by atoms with E-state index < -0.39 is 4.92 Å². The van der Waals surface area contributed by atoms with E-state index in [1.807, 2.05) is 18.2 Å². The first kappa shape index (κ1) is 13.6. The molecular formula is C11H9ClN4O2S. The summed E-state index contributed by atoms with van der Waals surface area (Å²) in [5.41, 5.74) is 6.16. The monoisotopic (exact) mass is 296 g/mol. The summed E-state index contributed by atoms with van der Waals surface area (Å²) in [6, 6.07) is 7.29. The first-order valence-corrected chi connectivity index (χ1v) is 6.57. The lowest BCUT2D eigenvalue weighted by atomic mass is 10.2. The Labute approximate surface area is 118 Å². The van der Waals surface area contributed by atoms with Gasteiger partial charge in [0.2, 0.25) is 5.95 Å². The molecule has 0 aliphatic rings. The van der Waals surface area contributed by atoms with Gasteiger partial charge in [-0.25, -0.2) is 4.98 Å². The van der Waals surface area contributed by atoms with Crippen LogP contribution in [0.25, 0.3) is 0 Å². The topological polar surface area (TPSA) is 94.9 Å². The number of nitrogen functional groups attached to an aromatic ring is 1. The highest BCUT2D eigenvalue weighted by molar-refractivity contribution is 7.98. The number of nitrogens with zero attached hydrogens (tertiary/aromatic N) is 3. The number of hydrogen-bond acceptors (Lipinski definition) is 6. The zero-order chi connectivity index (χ0) is 13.8. The van der Waals surface area contributed by atoms with E-state index in [9.17, 15) is 10.1 Å². The molecule has 2 N–H and O–H groups in total. The van der Waals surface area contributed by atoms with E-state index in [0.717, 1.165) is 11.8 Å². The molecule has 0 saturated heterocycles. The number of halogens is 1. The minimum Gasteiger partial charge on any atom is -0.368 e. The van der Waals surface area contributed by atoms with Crippen LogP contribution < -0.4 is 5.73 Å². The molecule has 0 amide bonds. The smallest absolute Gasteiger partial charge is 0.319 e. The fourth-order valence-electron chi connectivity index (χ4n) is 1.37. The minimum absolute atomic E-state index is 0.00672. The number of aromatic nitrogens is 2. The van der Waals surface area contributed by atoms with E-state index in [4.69, 9.17) is 17.3 Å². The second-order valence-corrected chi connectivity index (χ2v) is 4.93. The molecule has 1 aromatic heterocycles. The predicted molar refractivity (Wildman–Crippen MR) is 74.1 cm³/mol. The van der Waals surface area contributed by atoms with Gasteiger partial charge >= 0.3 is 5.69 Å². The highest BCUT2D eigenvalue weighted by atomic mass is 35.5. The van der Waals surface area contributed by atoms with Crippen LogP contribution in [0.4, 0.5) is 11.6 Å². The quantitative estimate of drug-likeness (QED) is 0.403. The molecule has 0 spiro atoms. The molecule has 0 aliphatic carbocycles. The maximum Gasteiger partial charge on any atom is 0.319 e. The van der Waals surface area contributed by atoms with Gasteiger partial charge in [0.15, 0.2) is 5.03 Å². The Hall–Kier alpha value is -1.86. The average Bonchev–Trinajstić information content (AvgIpc) is 2.37. The molecule has 0 fully saturated rings. The summed E-state index contributed by atoms with van der Waals surface area (Å²) in [6.07, 6.45) is 1.11. The molecule has 1 aromatic carbocycles. The van der Waals surface area contributed by atoms with Gasteiger partial charge in [0.25, 0.3) is 0 Å². The lowest BCUT2D eigenvalue weighted by Gasteiger charge is -2.04. The van der Waals surface area contributed by atoms with E-state index in [-0.39, 0.29) is 16.7 Å². The van der Waals surface area contributed by atoms with Gasteiger partial charge < -0.3 is 5.73 Å². The van der Waals surface area contributed by atoms with Gasteiger partial charge in [0.05, 0.1) is 4.92 Å². The molecule has 0 atom stereocenters. The zero-order valence-electron chi connectivity index (χ0n) is 9.62. The molecule has 8 heteroatoms. The molecule has 0 bridgehead atoms. The van der Waals surface area contributed by atoms with Crippen molar-refractivity contribution >= 4 is 35.0 Å². The highest BCUT2D eigenvalue weighted by Gasteiger charge is 2.17. The number of nitro groups is 1. The third-order valence-corrected chi connectivity index (χ3v) is 3.67. The second kappa shape index (κ2) is 5.85. The van der Waals surface area contributed by atoms with Crippen LogP contribution in [-0.4, -0.2) is 14.9 Å². The lowest BCUT2D eigenvalue weighted by molar-refractivity contribution is -0.388. The maximum absolute atomic E-state index is 10.9. The van der Waals surface area contributed by atoms with E-state index in [2.05, 4.69) is 9.97 Å². The van der Waals surface area contributed by atoms with Gasteiger partial charge in [-0.05, 0) is 11.6 Å². The number of nitrogens with two attached hydrogens (primary N) is 1. The van der Waals surface area contributed by atoms with E-state index in [1.165, 1.54) is 11.8 Å². The van der Waals surface area contributed by atoms with Crippen LogP contribution in [0.15, 0.2) is 35.5 Å². The second-order valence-electron chi connectivity index (χ2n) is 3.56. The maximum atomic E-state index is 10.9. The summed E-state index contributed by atoms with van der Waals surface area (Å²) < 4.78 is 0. The van der Waals surface area contributed by atoms with Gasteiger partial charge in [-0.15, -0.1) is 0 Å². The summed E-state index contributed by atoms with van der Waals surface area (Å²) in [6.45, 7) is 0. The van der Waals surface area contributed by atoms with Crippen LogP contribution in [-0.2, 0) is 5.75 Å². The van der Waals surface area contributed by atoms with Crippen molar-refractivity contribution in [3.05, 3.63) is 51.2 Å². The predicted octanol–water partition coefficient (Wildman–Crippen LogP) is 2.91. The minimum atomic E-state index is -0.533. The fraction of sp³-hybridized carbons (Fsp3) is 0.0909. The average molecular weight is 297 g/mol. The first-order chi connectivity index (χ1) is 9.08. The highest BCUT2D eigenvalue weighted by Crippen LogP contribution is 2.31. The molecular weight excluding hydrogens is 288 g/mol. The first-order valence-electron chi connectivity index (χ1n) is 5.21. The third kappa shape index (κ3) is 3.33. The lowest BCUT2D eigenvalue weighted by Crippen LogP contribution is -2.00. The SMILES string of the molecule is Nc1ncc([N+](=O)[O-])c(SCc2ccccc2Cl)n1. The zero-order valence-corrected chi connectivity index (χ0v) is 11.2. The van der Waals surface area contributed by atoms with Gasteiger partial charge in [0.1, 0.15) is 6.20 Å². The summed E-state index contributed by atoms with van der Waals surface area (Å²) in [5, 5.41) is 11.7. The van der Waals surface area contributed by atoms with Crippen molar-refractivity contribution in [3.63, 3.8) is 0 Å². The van der Waals surface area contributed by atoms with Crippen LogP contribution in [0.1, 0.15) is 5.56 Å². The van der Waals surface area contributed by atoms with Crippen molar-refractivity contribution in [1.29, 1.82) is 0 Å². The van der Waals surface area contributed by atoms with Crippen molar-refractivity contribution < 1.29 is 4.92 Å². The van der Waals surface area contributed by atoms with Crippen molar-refractivity contribution in [1.82, 2.24) is 9.97 Å². The molecule has 2 rings (SSSR count). The summed E-state index contributed by atoms with van der Waals surface area (Å²) in [5.74, 6) is 0.476. The van der Waals surface area contributed by atoms with E-state index in [0.29, 0.717) is 10.8 Å². The normalized spacial score (nSPS) is 10.4. The van der Waals surface area contributed by atoms with Crippen LogP contribution in [0.3, 0.4) is 0 Å². The van der Waals surface area contributed by atoms with E-state index >= 15 is 0 Å². The van der Waals surface area contributed by atoms with Crippen molar-refractivity contribution in [3.8, 4) is 0 Å². The Morgan fingerprint density at radius 2 is 2.16 bits per heavy atom. The summed E-state index contributed by atoms with van der Waals surface area (Å²) >= 11 is 7.22. The molecule has 0 saturated carbocycles. The van der Waals surface area contributed by atoms with Crippen LogP contribution in [0.5, 0.6) is 0 Å². The molecule has 98 valence electrons. The van der Waals surface area contributed by atoms with Gasteiger partial charge in [-0.1, -0.05) is 41.6 Å². The van der Waals surface area contributed by atoms with Gasteiger partial charge in [-0.2, -0.15) is 4.98 Å². The molecule has 19 heavy (non-hydrogen) atoms. The molecule has 1 heterocycles. The number of benzene rings is 1. The van der Waals surface area contributed by atoms with Gasteiger partial charge in [-0.3, -0.25) is 10.1 Å². The molecule has 0 aliphatic heterocycles. The Balaban J connectivity index is 2.22. The van der Waals surface area contributed by atoms with Gasteiger partial charge in [0, 0.05) is 10.8 Å². The van der Waals surface area contributed by atoms with Crippen molar-refractivity contribution in [2.24, 2.45) is 0 Å².